The summed E-state index contributed by atoms with van der Waals surface area (Å²) in [5, 5.41) is 10.5. The number of nitrogens with two attached hydrogens (primary N) is 1. The minimum absolute atomic E-state index is 0.149. The molecule has 1 aromatic rings. The van der Waals surface area contributed by atoms with E-state index in [2.05, 4.69) is 13.0 Å². The van der Waals surface area contributed by atoms with Gasteiger partial charge in [-0.2, -0.15) is 0 Å². The molecule has 3 N–H and O–H groups in total. The van der Waals surface area contributed by atoms with E-state index in [0.717, 1.165) is 38.5 Å². The molecule has 2 unspecified atom stereocenters. The van der Waals surface area contributed by atoms with Crippen LogP contribution in [0.4, 0.5) is 0 Å². The lowest BCUT2D eigenvalue weighted by Gasteiger charge is -2.56. The maximum absolute atomic E-state index is 11.2. The van der Waals surface area contributed by atoms with Crippen molar-refractivity contribution < 1.29 is 14.6 Å². The Bertz CT molecular complexity index is 687. The monoisotopic (exact) mass is 329 g/mol. The van der Waals surface area contributed by atoms with Crippen molar-refractivity contribution in [3.63, 3.8) is 0 Å². The van der Waals surface area contributed by atoms with Gasteiger partial charge in [0.1, 0.15) is 5.75 Å². The molecule has 2 fully saturated rings. The summed E-state index contributed by atoms with van der Waals surface area (Å²) in [4.78, 5) is 11.2. The quantitative estimate of drug-likeness (QED) is 0.614. The summed E-state index contributed by atoms with van der Waals surface area (Å²) in [6, 6.07) is 6.05. The van der Waals surface area contributed by atoms with Crippen LogP contribution in [-0.4, -0.2) is 22.7 Å². The summed E-state index contributed by atoms with van der Waals surface area (Å²) in [5.74, 6) is 1.25. The molecule has 0 radical (unpaired) electrons. The highest BCUT2D eigenvalue weighted by atomic mass is 16.5. The summed E-state index contributed by atoms with van der Waals surface area (Å²) in [6.45, 7) is 3.63. The van der Waals surface area contributed by atoms with Gasteiger partial charge in [-0.25, -0.2) is 0 Å². The normalized spacial score (nSPS) is 40.4. The molecule has 4 rings (SSSR count). The van der Waals surface area contributed by atoms with Gasteiger partial charge in [0.15, 0.2) is 0 Å². The molecular weight excluding hydrogens is 302 g/mol. The molecule has 3 aliphatic rings. The van der Waals surface area contributed by atoms with E-state index in [1.54, 1.807) is 0 Å². The zero-order valence-electron chi connectivity index (χ0n) is 14.5. The van der Waals surface area contributed by atoms with Gasteiger partial charge >= 0.3 is 5.97 Å². The van der Waals surface area contributed by atoms with Crippen molar-refractivity contribution in [2.75, 3.05) is 0 Å². The third-order valence-electron chi connectivity index (χ3n) is 7.25. The third-order valence-corrected chi connectivity index (χ3v) is 7.25. The number of carbonyl (C=O) groups is 1. The molecule has 0 bridgehead atoms. The van der Waals surface area contributed by atoms with E-state index in [-0.39, 0.29) is 23.0 Å². The number of hydrogen-bond donors (Lipinski definition) is 2. The number of hydrogen-bond acceptors (Lipinski definition) is 4. The van der Waals surface area contributed by atoms with Crippen LogP contribution < -0.4 is 10.5 Å². The molecule has 4 nitrogen and oxygen atoms in total. The van der Waals surface area contributed by atoms with Crippen molar-refractivity contribution in [3.8, 4) is 5.75 Å². The van der Waals surface area contributed by atoms with Gasteiger partial charge in [-0.1, -0.05) is 13.0 Å². The maximum atomic E-state index is 11.2. The van der Waals surface area contributed by atoms with E-state index in [0.29, 0.717) is 17.6 Å². The Morgan fingerprint density at radius 1 is 1.29 bits per heavy atom. The van der Waals surface area contributed by atoms with Crippen LogP contribution in [0.2, 0.25) is 0 Å². The number of rotatable bonds is 1. The van der Waals surface area contributed by atoms with Crippen LogP contribution >= 0.6 is 0 Å². The minimum Gasteiger partial charge on any atom is -0.427 e. The summed E-state index contributed by atoms with van der Waals surface area (Å²) in [5.41, 5.74) is 9.22. The van der Waals surface area contributed by atoms with Crippen LogP contribution in [0.1, 0.15) is 63.0 Å². The average Bonchev–Trinajstić information content (AvgIpc) is 2.78. The van der Waals surface area contributed by atoms with Crippen molar-refractivity contribution in [1.29, 1.82) is 0 Å². The highest BCUT2D eigenvalue weighted by Gasteiger charge is 2.62. The number of aliphatic hydroxyl groups excluding tert-OH is 1. The van der Waals surface area contributed by atoms with Crippen LogP contribution in [0.5, 0.6) is 5.75 Å². The Labute approximate surface area is 143 Å². The molecule has 0 amide bonds. The smallest absolute Gasteiger partial charge is 0.308 e. The zero-order chi connectivity index (χ0) is 17.1. The Kier molecular flexibility index (Phi) is 3.56. The van der Waals surface area contributed by atoms with E-state index >= 15 is 0 Å². The highest BCUT2D eigenvalue weighted by molar-refractivity contribution is 5.69. The molecule has 130 valence electrons. The predicted molar refractivity (Wildman–Crippen MR) is 91.8 cm³/mol. The lowest BCUT2D eigenvalue weighted by atomic mass is 9.51. The van der Waals surface area contributed by atoms with Crippen LogP contribution in [-0.2, 0) is 11.2 Å². The number of esters is 1. The average molecular weight is 329 g/mol. The largest absolute Gasteiger partial charge is 0.427 e. The number of fused-ring (bicyclic) bond motifs is 5. The molecule has 4 heteroatoms. The topological polar surface area (TPSA) is 72.5 Å². The van der Waals surface area contributed by atoms with Crippen LogP contribution in [0, 0.1) is 11.3 Å². The fraction of sp³-hybridized carbons (Fsp3) is 0.650. The lowest BCUT2D eigenvalue weighted by Crippen LogP contribution is -2.63. The molecule has 0 aromatic heterocycles. The van der Waals surface area contributed by atoms with E-state index < -0.39 is 0 Å². The SMILES string of the molecule is CC(=O)Oc1ccc2c(c1)CC[C@H]1C2CC[C@@]2(C)[C@H](O)CCC12N. The van der Waals surface area contributed by atoms with Crippen molar-refractivity contribution in [1.82, 2.24) is 0 Å². The minimum atomic E-state index is -0.280. The Morgan fingerprint density at radius 2 is 2.08 bits per heavy atom. The van der Waals surface area contributed by atoms with E-state index in [9.17, 15) is 9.90 Å². The molecule has 5 atom stereocenters. The van der Waals surface area contributed by atoms with Gasteiger partial charge in [-0.15, -0.1) is 0 Å². The third kappa shape index (κ3) is 2.09. The van der Waals surface area contributed by atoms with Gasteiger partial charge in [-0.3, -0.25) is 4.79 Å². The number of carbonyl (C=O) groups excluding carboxylic acids is 1. The first kappa shape index (κ1) is 16.1. The second-order valence-electron chi connectivity index (χ2n) is 8.26. The molecule has 0 heterocycles. The van der Waals surface area contributed by atoms with Gasteiger partial charge in [0, 0.05) is 17.9 Å². The number of aryl methyl sites for hydroxylation is 1. The Balaban J connectivity index is 1.68. The predicted octanol–water partition coefficient (Wildman–Crippen LogP) is 2.91. The molecule has 24 heavy (non-hydrogen) atoms. The molecule has 0 saturated heterocycles. The van der Waals surface area contributed by atoms with E-state index in [1.807, 2.05) is 12.1 Å². The van der Waals surface area contributed by atoms with Gasteiger partial charge in [0.2, 0.25) is 0 Å². The summed E-state index contributed by atoms with van der Waals surface area (Å²) < 4.78 is 5.24. The van der Waals surface area contributed by atoms with Gasteiger partial charge in [0.25, 0.3) is 0 Å². The van der Waals surface area contributed by atoms with Gasteiger partial charge < -0.3 is 15.6 Å². The first-order valence-corrected chi connectivity index (χ1v) is 9.13. The van der Waals surface area contributed by atoms with Crippen LogP contribution in [0.3, 0.4) is 0 Å². The second-order valence-corrected chi connectivity index (χ2v) is 8.26. The first-order chi connectivity index (χ1) is 11.3. The molecule has 0 aliphatic heterocycles. The maximum Gasteiger partial charge on any atom is 0.308 e. The Morgan fingerprint density at radius 3 is 2.83 bits per heavy atom. The summed E-state index contributed by atoms with van der Waals surface area (Å²) in [6.07, 6.45) is 5.57. The summed E-state index contributed by atoms with van der Waals surface area (Å²) >= 11 is 0. The molecular formula is C20H27NO3. The van der Waals surface area contributed by atoms with Crippen LogP contribution in [0.15, 0.2) is 18.2 Å². The molecule has 3 aliphatic carbocycles. The fourth-order valence-corrected chi connectivity index (χ4v) is 5.85. The number of ether oxygens (including phenoxy) is 1. The second kappa shape index (κ2) is 5.30. The van der Waals surface area contributed by atoms with Gasteiger partial charge in [0.05, 0.1) is 6.10 Å². The first-order valence-electron chi connectivity index (χ1n) is 9.13. The summed E-state index contributed by atoms with van der Waals surface area (Å²) in [7, 11) is 0. The van der Waals surface area contributed by atoms with Crippen molar-refractivity contribution in [2.45, 2.75) is 69.9 Å². The highest BCUT2D eigenvalue weighted by Crippen LogP contribution is 2.62. The zero-order valence-corrected chi connectivity index (χ0v) is 14.5. The van der Waals surface area contributed by atoms with Gasteiger partial charge in [-0.05, 0) is 73.6 Å². The van der Waals surface area contributed by atoms with E-state index in [1.165, 1.54) is 18.1 Å². The van der Waals surface area contributed by atoms with E-state index in [4.69, 9.17) is 10.5 Å². The Hall–Kier alpha value is -1.39. The number of aliphatic hydroxyl groups is 1. The standard InChI is InChI=1S/C20H27NO3/c1-12(22)24-14-4-5-15-13(11-14)3-6-17-16(15)7-9-19(2)18(23)8-10-20(17,19)21/h4-5,11,16-18,23H,3,6-10,21H2,1-2H3/t16?,17-,18+,19-,20?/m0/s1. The fourth-order valence-electron chi connectivity index (χ4n) is 5.85. The van der Waals surface area contributed by atoms with Crippen molar-refractivity contribution >= 4 is 5.97 Å². The number of benzene rings is 1. The van der Waals surface area contributed by atoms with Crippen molar-refractivity contribution in [2.24, 2.45) is 17.1 Å². The van der Waals surface area contributed by atoms with Crippen molar-refractivity contribution in [3.05, 3.63) is 29.3 Å². The molecule has 1 aromatic carbocycles. The van der Waals surface area contributed by atoms with Crippen LogP contribution in [0.25, 0.3) is 0 Å². The molecule has 0 spiro atoms. The lowest BCUT2D eigenvalue weighted by molar-refractivity contribution is -0.131. The molecule has 2 saturated carbocycles.